The van der Waals surface area contributed by atoms with Crippen LogP contribution in [-0.4, -0.2) is 51.2 Å². The number of rotatable bonds is 3. The van der Waals surface area contributed by atoms with Crippen LogP contribution in [0.5, 0.6) is 11.6 Å². The summed E-state index contributed by atoms with van der Waals surface area (Å²) in [5, 5.41) is 21.9. The number of H-pyrrole nitrogens is 1. The lowest BCUT2D eigenvalue weighted by atomic mass is 10.4. The molecular formula is C12H8N8O3. The van der Waals surface area contributed by atoms with Crippen LogP contribution in [0.3, 0.4) is 0 Å². The molecule has 0 atom stereocenters. The van der Waals surface area contributed by atoms with Gasteiger partial charge in [-0.3, -0.25) is 0 Å². The minimum atomic E-state index is -1.24. The summed E-state index contributed by atoms with van der Waals surface area (Å²) in [4.78, 5) is 22.8. The lowest BCUT2D eigenvalue weighted by Crippen LogP contribution is -2.00. The number of carbonyl (C=O) groups is 1. The number of aromatic nitrogens is 8. The second kappa shape index (κ2) is 5.90. The van der Waals surface area contributed by atoms with Crippen molar-refractivity contribution in [2.45, 2.75) is 0 Å². The van der Waals surface area contributed by atoms with E-state index in [9.17, 15) is 4.79 Å². The highest BCUT2D eigenvalue weighted by Gasteiger charge is 2.16. The van der Waals surface area contributed by atoms with Crippen molar-refractivity contribution in [3.05, 3.63) is 36.1 Å². The zero-order valence-corrected chi connectivity index (χ0v) is 11.6. The van der Waals surface area contributed by atoms with Gasteiger partial charge < -0.3 is 9.84 Å². The van der Waals surface area contributed by atoms with E-state index in [1.807, 2.05) is 0 Å². The molecule has 0 unspecified atom stereocenters. The molecule has 0 radical (unpaired) electrons. The van der Waals surface area contributed by atoms with Crippen molar-refractivity contribution < 1.29 is 14.6 Å². The molecule has 0 fully saturated rings. The third-order valence-corrected chi connectivity index (χ3v) is 2.57. The summed E-state index contributed by atoms with van der Waals surface area (Å²) in [5.41, 5.74) is -0.267. The second-order valence-corrected chi connectivity index (χ2v) is 4.10. The lowest BCUT2D eigenvalue weighted by Gasteiger charge is -2.01. The van der Waals surface area contributed by atoms with Crippen LogP contribution in [0.25, 0.3) is 0 Å². The molecule has 0 saturated heterocycles. The van der Waals surface area contributed by atoms with E-state index in [0.717, 1.165) is 0 Å². The monoisotopic (exact) mass is 312 g/mol. The third-order valence-electron chi connectivity index (χ3n) is 2.57. The summed E-state index contributed by atoms with van der Waals surface area (Å²) >= 11 is 0. The average molecular weight is 312 g/mol. The van der Waals surface area contributed by atoms with Gasteiger partial charge in [0.05, 0.1) is 12.4 Å². The van der Waals surface area contributed by atoms with E-state index in [4.69, 9.17) is 9.84 Å². The van der Waals surface area contributed by atoms with Crippen LogP contribution in [0, 0.1) is 11.8 Å². The Kier molecular flexibility index (Phi) is 3.63. The Labute approximate surface area is 128 Å². The maximum atomic E-state index is 10.9. The number of nitrogens with one attached hydrogen (secondary N) is 1. The van der Waals surface area contributed by atoms with Gasteiger partial charge >= 0.3 is 5.97 Å². The molecule has 0 bridgehead atoms. The van der Waals surface area contributed by atoms with E-state index >= 15 is 0 Å². The van der Waals surface area contributed by atoms with E-state index in [-0.39, 0.29) is 23.1 Å². The fraction of sp³-hybridized carbons (Fsp3) is 0.0833. The number of aryl methyl sites for hydroxylation is 1. The van der Waals surface area contributed by atoms with Gasteiger partial charge in [0, 0.05) is 7.05 Å². The third kappa shape index (κ3) is 3.10. The van der Waals surface area contributed by atoms with Crippen molar-refractivity contribution in [3.8, 4) is 23.5 Å². The molecule has 114 valence electrons. The Morgan fingerprint density at radius 1 is 1.30 bits per heavy atom. The van der Waals surface area contributed by atoms with Crippen molar-refractivity contribution in [3.63, 3.8) is 0 Å². The highest BCUT2D eigenvalue weighted by Crippen LogP contribution is 2.19. The van der Waals surface area contributed by atoms with Gasteiger partial charge in [-0.1, -0.05) is 10.3 Å². The van der Waals surface area contributed by atoms with Crippen molar-refractivity contribution in [1.29, 1.82) is 0 Å². The van der Waals surface area contributed by atoms with E-state index in [1.54, 1.807) is 7.05 Å². The number of carboxylic acid groups (broad SMARTS) is 1. The summed E-state index contributed by atoms with van der Waals surface area (Å²) in [7, 11) is 1.72. The van der Waals surface area contributed by atoms with Crippen LogP contribution in [-0.2, 0) is 7.05 Å². The van der Waals surface area contributed by atoms with Crippen LogP contribution < -0.4 is 4.74 Å². The SMILES string of the molecule is Cn1ncnc1C#Cc1ncc(Oc2nn[nH]c2C(=O)O)cn1. The molecule has 23 heavy (non-hydrogen) atoms. The summed E-state index contributed by atoms with van der Waals surface area (Å²) in [6.45, 7) is 0. The van der Waals surface area contributed by atoms with Crippen LogP contribution in [0.4, 0.5) is 0 Å². The molecule has 0 amide bonds. The molecule has 3 aromatic rings. The minimum absolute atomic E-state index is 0.181. The molecule has 11 heteroatoms. The standard InChI is InChI=1S/C12H8N8O3/c1-20-9(15-6-16-20)3-2-8-13-4-7(5-14-8)23-11-10(12(21)22)17-19-18-11/h4-6H,1H3,(H,21,22)(H,17,18,19). The van der Waals surface area contributed by atoms with Crippen molar-refractivity contribution in [1.82, 2.24) is 40.1 Å². The maximum absolute atomic E-state index is 10.9. The molecular weight excluding hydrogens is 304 g/mol. The smallest absolute Gasteiger partial charge is 0.359 e. The molecule has 0 saturated carbocycles. The average Bonchev–Trinajstić information content (AvgIpc) is 3.16. The molecule has 3 rings (SSSR count). The van der Waals surface area contributed by atoms with E-state index in [0.29, 0.717) is 5.82 Å². The first-order valence-corrected chi connectivity index (χ1v) is 6.13. The number of hydrogen-bond acceptors (Lipinski definition) is 8. The predicted molar refractivity (Wildman–Crippen MR) is 72.4 cm³/mol. The number of nitrogens with zero attached hydrogens (tertiary/aromatic N) is 7. The second-order valence-electron chi connectivity index (χ2n) is 4.10. The highest BCUT2D eigenvalue weighted by molar-refractivity contribution is 5.87. The molecule has 0 aliphatic heterocycles. The lowest BCUT2D eigenvalue weighted by molar-refractivity contribution is 0.0687. The van der Waals surface area contributed by atoms with E-state index in [2.05, 4.69) is 47.3 Å². The Bertz CT molecular complexity index is 902. The van der Waals surface area contributed by atoms with Crippen LogP contribution in [0.2, 0.25) is 0 Å². The van der Waals surface area contributed by atoms with E-state index in [1.165, 1.54) is 23.4 Å². The van der Waals surface area contributed by atoms with Gasteiger partial charge in [0.2, 0.25) is 17.3 Å². The fourth-order valence-electron chi connectivity index (χ4n) is 1.50. The van der Waals surface area contributed by atoms with Gasteiger partial charge in [-0.2, -0.15) is 5.10 Å². The fourth-order valence-corrected chi connectivity index (χ4v) is 1.50. The number of ether oxygens (including phenoxy) is 1. The molecule has 0 spiro atoms. The predicted octanol–water partition coefficient (Wildman–Crippen LogP) is -0.387. The Balaban J connectivity index is 1.75. The minimum Gasteiger partial charge on any atom is -0.476 e. The van der Waals surface area contributed by atoms with Crippen LogP contribution in [0.1, 0.15) is 22.1 Å². The van der Waals surface area contributed by atoms with Gasteiger partial charge in [-0.15, -0.1) is 0 Å². The quantitative estimate of drug-likeness (QED) is 0.617. The van der Waals surface area contributed by atoms with Crippen molar-refractivity contribution in [2.75, 3.05) is 0 Å². The largest absolute Gasteiger partial charge is 0.476 e. The number of aromatic carboxylic acids is 1. The molecule has 0 aliphatic rings. The summed E-state index contributed by atoms with van der Waals surface area (Å²) < 4.78 is 6.77. The Hall–Kier alpha value is -3.81. The normalized spacial score (nSPS) is 9.96. The topological polar surface area (TPSA) is 145 Å². The summed E-state index contributed by atoms with van der Waals surface area (Å²) in [5.74, 6) is 4.99. The van der Waals surface area contributed by atoms with Gasteiger partial charge in [-0.25, -0.2) is 29.5 Å². The Morgan fingerprint density at radius 3 is 2.74 bits per heavy atom. The van der Waals surface area contributed by atoms with E-state index < -0.39 is 5.97 Å². The van der Waals surface area contributed by atoms with Gasteiger partial charge in [0.25, 0.3) is 5.88 Å². The molecule has 3 heterocycles. The van der Waals surface area contributed by atoms with Gasteiger partial charge in [0.1, 0.15) is 6.33 Å². The molecule has 2 N–H and O–H groups in total. The van der Waals surface area contributed by atoms with Crippen LogP contribution >= 0.6 is 0 Å². The van der Waals surface area contributed by atoms with Gasteiger partial charge in [0.15, 0.2) is 5.75 Å². The van der Waals surface area contributed by atoms with Crippen molar-refractivity contribution in [2.24, 2.45) is 7.05 Å². The molecule has 3 aromatic heterocycles. The number of aromatic amines is 1. The number of carboxylic acids is 1. The van der Waals surface area contributed by atoms with Crippen LogP contribution in [0.15, 0.2) is 18.7 Å². The first-order valence-electron chi connectivity index (χ1n) is 6.13. The first kappa shape index (κ1) is 14.1. The Morgan fingerprint density at radius 2 is 2.09 bits per heavy atom. The number of hydrogen-bond donors (Lipinski definition) is 2. The van der Waals surface area contributed by atoms with Crippen molar-refractivity contribution >= 4 is 5.97 Å². The summed E-state index contributed by atoms with van der Waals surface area (Å²) in [6.07, 6.45) is 4.07. The zero-order chi connectivity index (χ0) is 16.2. The van der Waals surface area contributed by atoms with Gasteiger partial charge in [-0.05, 0) is 11.8 Å². The molecule has 11 nitrogen and oxygen atoms in total. The first-order chi connectivity index (χ1) is 11.1. The molecule has 0 aliphatic carbocycles. The summed E-state index contributed by atoms with van der Waals surface area (Å²) in [6, 6.07) is 0. The molecule has 0 aromatic carbocycles. The maximum Gasteiger partial charge on any atom is 0.359 e. The highest BCUT2D eigenvalue weighted by atomic mass is 16.5. The zero-order valence-electron chi connectivity index (χ0n) is 11.6.